The monoisotopic (exact) mass is 604 g/mol. The van der Waals surface area contributed by atoms with E-state index in [2.05, 4.69) is 56.9 Å². The highest BCUT2D eigenvalue weighted by molar-refractivity contribution is 5.69. The van der Waals surface area contributed by atoms with Gasteiger partial charge in [-0.05, 0) is 78.1 Å². The third-order valence-electron chi connectivity index (χ3n) is 9.20. The molecule has 0 amide bonds. The minimum atomic E-state index is -0.0847. The fourth-order valence-corrected chi connectivity index (χ4v) is 6.20. The quantitative estimate of drug-likeness (QED) is 0.0424. The highest BCUT2D eigenvalue weighted by Crippen LogP contribution is 2.19. The minimum absolute atomic E-state index is 0.0847. The van der Waals surface area contributed by atoms with Crippen molar-refractivity contribution >= 4 is 5.97 Å². The van der Waals surface area contributed by atoms with Crippen LogP contribution in [0.25, 0.3) is 0 Å². The first-order chi connectivity index (χ1) is 21.1. The molecule has 2 unspecified atom stereocenters. The molecular formula is C40H77NO2. The van der Waals surface area contributed by atoms with Gasteiger partial charge >= 0.3 is 5.97 Å². The van der Waals surface area contributed by atoms with E-state index in [4.69, 9.17) is 4.74 Å². The summed E-state index contributed by atoms with van der Waals surface area (Å²) in [4.78, 5) is 14.5. The van der Waals surface area contributed by atoms with Gasteiger partial charge in [0.25, 0.3) is 0 Å². The van der Waals surface area contributed by atoms with E-state index in [1.807, 2.05) is 0 Å². The molecule has 3 heteroatoms. The summed E-state index contributed by atoms with van der Waals surface area (Å²) in [5.41, 5.74) is 0. The third-order valence-corrected chi connectivity index (χ3v) is 9.20. The Hall–Kier alpha value is -1.09. The molecule has 0 spiro atoms. The number of nitrogens with zero attached hydrogens (tertiary/aromatic N) is 1. The van der Waals surface area contributed by atoms with Gasteiger partial charge in [-0.25, -0.2) is 0 Å². The van der Waals surface area contributed by atoms with Gasteiger partial charge in [0.1, 0.15) is 0 Å². The summed E-state index contributed by atoms with van der Waals surface area (Å²) < 4.78 is 4.96. The molecule has 254 valence electrons. The summed E-state index contributed by atoms with van der Waals surface area (Å²) in [6, 6.07) is 1.04. The average molecular weight is 604 g/mol. The van der Waals surface area contributed by atoms with Crippen molar-refractivity contribution in [2.75, 3.05) is 13.7 Å². The van der Waals surface area contributed by atoms with Gasteiger partial charge in [-0.2, -0.15) is 0 Å². The van der Waals surface area contributed by atoms with Gasteiger partial charge in [0.05, 0.1) is 13.5 Å². The fourth-order valence-electron chi connectivity index (χ4n) is 6.20. The zero-order valence-electron chi connectivity index (χ0n) is 30.0. The van der Waals surface area contributed by atoms with Crippen LogP contribution in [0.3, 0.4) is 0 Å². The van der Waals surface area contributed by atoms with Crippen molar-refractivity contribution in [2.24, 2.45) is 0 Å². The number of rotatable bonds is 33. The molecule has 0 radical (unpaired) electrons. The Morgan fingerprint density at radius 3 is 1.21 bits per heavy atom. The number of carbonyl (C=O) groups is 1. The lowest BCUT2D eigenvalue weighted by Crippen LogP contribution is -2.41. The van der Waals surface area contributed by atoms with Crippen molar-refractivity contribution in [2.45, 2.75) is 213 Å². The number of allylic oxidation sites excluding steroid dienone is 4. The Labute approximate surface area is 271 Å². The molecule has 0 bridgehead atoms. The highest BCUT2D eigenvalue weighted by Gasteiger charge is 2.20. The van der Waals surface area contributed by atoms with Crippen LogP contribution in [-0.4, -0.2) is 36.6 Å². The molecule has 0 aromatic heterocycles. The second-order valence-corrected chi connectivity index (χ2v) is 13.3. The molecule has 0 rings (SSSR count). The predicted molar refractivity (Wildman–Crippen MR) is 192 cm³/mol. The normalized spacial score (nSPS) is 13.4. The minimum Gasteiger partial charge on any atom is -0.469 e. The van der Waals surface area contributed by atoms with Gasteiger partial charge in [-0.3, -0.25) is 9.69 Å². The van der Waals surface area contributed by atoms with Crippen LogP contribution in [0.4, 0.5) is 0 Å². The second kappa shape index (κ2) is 33.8. The summed E-state index contributed by atoms with van der Waals surface area (Å²) in [5, 5.41) is 0. The van der Waals surface area contributed by atoms with Crippen LogP contribution in [0.5, 0.6) is 0 Å². The smallest absolute Gasteiger partial charge is 0.306 e. The maximum Gasteiger partial charge on any atom is 0.306 e. The van der Waals surface area contributed by atoms with E-state index in [1.165, 1.54) is 174 Å². The first kappa shape index (κ1) is 41.9. The average Bonchev–Trinajstić information content (AvgIpc) is 3.01. The molecule has 0 aliphatic carbocycles. The number of ether oxygens (including phenoxy) is 1. The first-order valence-corrected chi connectivity index (χ1v) is 19.2. The van der Waals surface area contributed by atoms with Crippen molar-refractivity contribution in [3.05, 3.63) is 24.3 Å². The SMILES string of the molecule is CCCCCCCCC=CCCCCCCC(C)N(CCC(=O)OC)C(C)CCCCCCC=CCCCCCCCC. The number of esters is 1. The Balaban J connectivity index is 4.06. The van der Waals surface area contributed by atoms with Crippen molar-refractivity contribution in [3.8, 4) is 0 Å². The zero-order valence-corrected chi connectivity index (χ0v) is 30.0. The van der Waals surface area contributed by atoms with Gasteiger partial charge in [0.15, 0.2) is 0 Å². The van der Waals surface area contributed by atoms with Gasteiger partial charge in [0.2, 0.25) is 0 Å². The van der Waals surface area contributed by atoms with E-state index in [0.717, 1.165) is 6.54 Å². The maximum atomic E-state index is 11.9. The first-order valence-electron chi connectivity index (χ1n) is 19.2. The summed E-state index contributed by atoms with van der Waals surface area (Å²) in [6.45, 7) is 10.1. The molecule has 0 aromatic rings. The number of hydrogen-bond acceptors (Lipinski definition) is 3. The van der Waals surface area contributed by atoms with Gasteiger partial charge in [-0.1, -0.05) is 141 Å². The lowest BCUT2D eigenvalue weighted by atomic mass is 10.0. The number of carbonyl (C=O) groups excluding carboxylic acids is 1. The number of hydrogen-bond donors (Lipinski definition) is 0. The van der Waals surface area contributed by atoms with E-state index < -0.39 is 0 Å². The Morgan fingerprint density at radius 2 is 0.860 bits per heavy atom. The van der Waals surface area contributed by atoms with Crippen molar-refractivity contribution in [1.82, 2.24) is 4.90 Å². The van der Waals surface area contributed by atoms with Crippen molar-refractivity contribution < 1.29 is 9.53 Å². The van der Waals surface area contributed by atoms with E-state index in [0.29, 0.717) is 18.5 Å². The molecular weight excluding hydrogens is 526 g/mol. The summed E-state index contributed by atoms with van der Waals surface area (Å²) in [7, 11) is 1.51. The maximum absolute atomic E-state index is 11.9. The molecule has 0 saturated heterocycles. The van der Waals surface area contributed by atoms with Crippen LogP contribution in [0.2, 0.25) is 0 Å². The van der Waals surface area contributed by atoms with Gasteiger partial charge in [0, 0.05) is 18.6 Å². The molecule has 0 N–H and O–H groups in total. The van der Waals surface area contributed by atoms with Crippen LogP contribution >= 0.6 is 0 Å². The molecule has 2 atom stereocenters. The van der Waals surface area contributed by atoms with Crippen LogP contribution in [0.15, 0.2) is 24.3 Å². The van der Waals surface area contributed by atoms with E-state index >= 15 is 0 Å². The van der Waals surface area contributed by atoms with E-state index in [9.17, 15) is 4.79 Å². The standard InChI is InChI=1S/C40H77NO2/c1-6-8-10-12-14-16-18-20-22-24-26-28-30-32-34-38(3)41(37-36-40(42)43-5)39(4)35-33-31-29-27-25-23-21-19-17-15-13-11-9-7-2/h20-23,38-39H,6-19,24-37H2,1-5H3. The van der Waals surface area contributed by atoms with E-state index in [1.54, 1.807) is 0 Å². The molecule has 3 nitrogen and oxygen atoms in total. The Bertz CT molecular complexity index is 584. The van der Waals surface area contributed by atoms with Crippen LogP contribution in [0, 0.1) is 0 Å². The summed E-state index contributed by atoms with van der Waals surface area (Å²) >= 11 is 0. The number of unbranched alkanes of at least 4 members (excludes halogenated alkanes) is 20. The highest BCUT2D eigenvalue weighted by atomic mass is 16.5. The van der Waals surface area contributed by atoms with E-state index in [-0.39, 0.29) is 5.97 Å². The van der Waals surface area contributed by atoms with Crippen molar-refractivity contribution in [1.29, 1.82) is 0 Å². The van der Waals surface area contributed by atoms with Crippen LogP contribution in [-0.2, 0) is 9.53 Å². The zero-order chi connectivity index (χ0) is 31.6. The van der Waals surface area contributed by atoms with Crippen LogP contribution in [0.1, 0.15) is 201 Å². The molecule has 43 heavy (non-hydrogen) atoms. The molecule has 0 saturated carbocycles. The van der Waals surface area contributed by atoms with Crippen LogP contribution < -0.4 is 0 Å². The van der Waals surface area contributed by atoms with Crippen molar-refractivity contribution in [3.63, 3.8) is 0 Å². The van der Waals surface area contributed by atoms with Gasteiger partial charge < -0.3 is 4.74 Å². The topological polar surface area (TPSA) is 29.5 Å². The lowest BCUT2D eigenvalue weighted by molar-refractivity contribution is -0.141. The molecule has 0 heterocycles. The Kier molecular flexibility index (Phi) is 32.9. The predicted octanol–water partition coefficient (Wildman–Crippen LogP) is 12.9. The third kappa shape index (κ3) is 29.4. The second-order valence-electron chi connectivity index (χ2n) is 13.3. The summed E-state index contributed by atoms with van der Waals surface area (Å²) in [6.07, 6.45) is 44.8. The van der Waals surface area contributed by atoms with Gasteiger partial charge in [-0.15, -0.1) is 0 Å². The molecule has 0 aliphatic heterocycles. The number of methoxy groups -OCH3 is 1. The fraction of sp³-hybridized carbons (Fsp3) is 0.875. The molecule has 0 fully saturated rings. The molecule has 0 aliphatic rings. The lowest BCUT2D eigenvalue weighted by Gasteiger charge is -2.34. The largest absolute Gasteiger partial charge is 0.469 e. The Morgan fingerprint density at radius 1 is 0.535 bits per heavy atom. The molecule has 0 aromatic carbocycles. The summed E-state index contributed by atoms with van der Waals surface area (Å²) in [5.74, 6) is -0.0847.